The number of aliphatic hydroxyl groups is 2. The minimum atomic E-state index is -1.05. The number of carbonyl (C=O) groups excluding carboxylic acids is 1. The fourth-order valence-corrected chi connectivity index (χ4v) is 6.07. The maximum atomic E-state index is 12.6. The molecule has 3 aliphatic carbocycles. The maximum Gasteiger partial charge on any atom is 0.333 e. The number of allylic oxidation sites excluding steroid dienone is 1. The van der Waals surface area contributed by atoms with Crippen molar-refractivity contribution >= 4 is 11.7 Å². The van der Waals surface area contributed by atoms with Crippen LogP contribution in [0.15, 0.2) is 17.1 Å². The lowest BCUT2D eigenvalue weighted by molar-refractivity contribution is -0.147. The molecule has 0 aromatic heterocycles. The van der Waals surface area contributed by atoms with E-state index in [1.165, 1.54) is 64.2 Å². The van der Waals surface area contributed by atoms with E-state index < -0.39 is 23.7 Å². The number of unbranched alkanes of at least 4 members (excludes halogenated alkanes) is 11. The minimum Gasteiger partial charge on any atom is -0.464 e. The fraction of sp³-hybridized carbons (Fsp3) is 0.867. The van der Waals surface area contributed by atoms with Gasteiger partial charge >= 0.3 is 5.97 Å². The van der Waals surface area contributed by atoms with Crippen LogP contribution in [0.25, 0.3) is 0 Å². The van der Waals surface area contributed by atoms with Gasteiger partial charge in [-0.2, -0.15) is 0 Å². The highest BCUT2D eigenvalue weighted by Gasteiger charge is 2.61. The number of aliphatic imine (C=N–C) groups is 1. The number of nitrogens with zero attached hydrogens (tertiary/aromatic N) is 1. The molecule has 0 aliphatic heterocycles. The number of hydrogen-bond donors (Lipinski definition) is 2. The Morgan fingerprint density at radius 2 is 1.60 bits per heavy atom. The highest BCUT2D eigenvalue weighted by molar-refractivity contribution is 5.96. The van der Waals surface area contributed by atoms with E-state index in [1.54, 1.807) is 13.0 Å². The van der Waals surface area contributed by atoms with Crippen molar-refractivity contribution in [1.82, 2.24) is 0 Å². The first-order chi connectivity index (χ1) is 16.7. The van der Waals surface area contributed by atoms with Crippen molar-refractivity contribution in [3.8, 4) is 0 Å². The summed E-state index contributed by atoms with van der Waals surface area (Å²) in [5.74, 6) is 0.0632. The Morgan fingerprint density at radius 1 is 1.03 bits per heavy atom. The first-order valence-electron chi connectivity index (χ1n) is 14.5. The molecule has 3 fully saturated rings. The summed E-state index contributed by atoms with van der Waals surface area (Å²) >= 11 is 0. The zero-order valence-electron chi connectivity index (χ0n) is 23.2. The highest BCUT2D eigenvalue weighted by Crippen LogP contribution is 2.61. The molecule has 0 aromatic rings. The van der Waals surface area contributed by atoms with Gasteiger partial charge in [0.2, 0.25) is 0 Å². The normalized spacial score (nSPS) is 28.1. The number of esters is 1. The highest BCUT2D eigenvalue weighted by atomic mass is 16.5. The molecule has 3 rings (SSSR count). The topological polar surface area (TPSA) is 79.1 Å². The molecule has 5 nitrogen and oxygen atoms in total. The summed E-state index contributed by atoms with van der Waals surface area (Å²) < 4.78 is 5.21. The second-order valence-corrected chi connectivity index (χ2v) is 11.7. The van der Waals surface area contributed by atoms with Crippen molar-refractivity contribution in [2.24, 2.45) is 22.2 Å². The quantitative estimate of drug-likeness (QED) is 0.133. The molecular formula is C30H53NO4. The monoisotopic (exact) mass is 491 g/mol. The number of carbonyl (C=O) groups is 1. The van der Waals surface area contributed by atoms with E-state index >= 15 is 0 Å². The van der Waals surface area contributed by atoms with E-state index in [0.717, 1.165) is 19.3 Å². The molecule has 3 aliphatic rings. The lowest BCUT2D eigenvalue weighted by Crippen LogP contribution is -2.65. The molecule has 35 heavy (non-hydrogen) atoms. The molecule has 0 radical (unpaired) electrons. The van der Waals surface area contributed by atoms with Gasteiger partial charge in [-0.05, 0) is 56.8 Å². The van der Waals surface area contributed by atoms with Crippen LogP contribution in [0.2, 0.25) is 0 Å². The van der Waals surface area contributed by atoms with Crippen LogP contribution in [0.3, 0.4) is 0 Å². The van der Waals surface area contributed by atoms with Crippen LogP contribution < -0.4 is 0 Å². The standard InChI is InChI=1S/C30H53NO4/c1-6-8-9-10-11-12-13-14-15-16-17-18-19-20-24(32)27(28(33)35-7-2)31-26-22-23-21-25(29(23,3)4)30(26,5)34/h19-20,23-25,27,32,34H,6-18,21-22H2,1-5H3/t23-,24+,25-,27-,30-/m0/s1. The lowest BCUT2D eigenvalue weighted by Gasteiger charge is -2.62. The van der Waals surface area contributed by atoms with E-state index in [1.807, 2.05) is 13.0 Å². The van der Waals surface area contributed by atoms with E-state index in [0.29, 0.717) is 18.1 Å². The third kappa shape index (κ3) is 8.42. The summed E-state index contributed by atoms with van der Waals surface area (Å²) in [5.41, 5.74) is -0.342. The van der Waals surface area contributed by atoms with Crippen molar-refractivity contribution in [3.63, 3.8) is 0 Å². The zero-order valence-corrected chi connectivity index (χ0v) is 23.2. The maximum absolute atomic E-state index is 12.6. The Hall–Kier alpha value is -1.20. The summed E-state index contributed by atoms with van der Waals surface area (Å²) in [6.45, 7) is 10.5. The second-order valence-electron chi connectivity index (χ2n) is 11.7. The first-order valence-corrected chi connectivity index (χ1v) is 14.5. The summed E-state index contributed by atoms with van der Waals surface area (Å²) in [6, 6.07) is -1.02. The van der Waals surface area contributed by atoms with E-state index in [-0.39, 0.29) is 17.9 Å². The van der Waals surface area contributed by atoms with Gasteiger partial charge < -0.3 is 14.9 Å². The molecule has 0 unspecified atom stereocenters. The predicted octanol–water partition coefficient (Wildman–Crippen LogP) is 6.79. The van der Waals surface area contributed by atoms with E-state index in [4.69, 9.17) is 4.74 Å². The van der Waals surface area contributed by atoms with Gasteiger partial charge in [-0.15, -0.1) is 0 Å². The lowest BCUT2D eigenvalue weighted by atomic mass is 9.44. The number of aliphatic hydroxyl groups excluding tert-OH is 1. The third-order valence-corrected chi connectivity index (χ3v) is 8.63. The van der Waals surface area contributed by atoms with Crippen molar-refractivity contribution in [1.29, 1.82) is 0 Å². The molecule has 0 spiro atoms. The van der Waals surface area contributed by atoms with Crippen molar-refractivity contribution in [3.05, 3.63) is 12.2 Å². The fourth-order valence-electron chi connectivity index (χ4n) is 6.07. The van der Waals surface area contributed by atoms with Crippen LogP contribution in [-0.2, 0) is 9.53 Å². The van der Waals surface area contributed by atoms with Crippen LogP contribution >= 0.6 is 0 Å². The Morgan fingerprint density at radius 3 is 2.11 bits per heavy atom. The van der Waals surface area contributed by atoms with Gasteiger partial charge in [0, 0.05) is 5.71 Å². The van der Waals surface area contributed by atoms with Gasteiger partial charge in [-0.1, -0.05) is 97.1 Å². The summed E-state index contributed by atoms with van der Waals surface area (Å²) in [5, 5.41) is 22.0. The van der Waals surface area contributed by atoms with E-state index in [2.05, 4.69) is 25.8 Å². The van der Waals surface area contributed by atoms with E-state index in [9.17, 15) is 15.0 Å². The Bertz CT molecular complexity index is 696. The summed E-state index contributed by atoms with van der Waals surface area (Å²) in [4.78, 5) is 17.2. The number of fused-ring (bicyclic) bond motifs is 2. The van der Waals surface area contributed by atoms with Gasteiger partial charge in [0.25, 0.3) is 0 Å². The van der Waals surface area contributed by atoms with Crippen LogP contribution in [0.5, 0.6) is 0 Å². The van der Waals surface area contributed by atoms with Crippen LogP contribution in [0.1, 0.15) is 125 Å². The smallest absolute Gasteiger partial charge is 0.333 e. The molecule has 3 saturated carbocycles. The molecule has 0 saturated heterocycles. The van der Waals surface area contributed by atoms with Crippen molar-refractivity contribution in [2.75, 3.05) is 6.61 Å². The Kier molecular flexibility index (Phi) is 12.5. The predicted molar refractivity (Wildman–Crippen MR) is 145 cm³/mol. The van der Waals surface area contributed by atoms with Crippen molar-refractivity contribution in [2.45, 2.75) is 142 Å². The van der Waals surface area contributed by atoms with Gasteiger partial charge in [-0.25, -0.2) is 4.79 Å². The SMILES string of the molecule is CCCCCCCCCCCCCC=C[C@@H](O)[C@H](N=C1C[C@@H]2C[C@@H](C2(C)C)[C@]1(C)O)C(=O)OCC. The molecular weight excluding hydrogens is 438 g/mol. The Balaban J connectivity index is 1.78. The third-order valence-electron chi connectivity index (χ3n) is 8.63. The molecule has 0 aromatic carbocycles. The average molecular weight is 492 g/mol. The average Bonchev–Trinajstić information content (AvgIpc) is 2.80. The molecule has 0 amide bonds. The molecule has 5 atom stereocenters. The van der Waals surface area contributed by atoms with Gasteiger partial charge in [0.05, 0.1) is 6.61 Å². The molecule has 0 heterocycles. The van der Waals surface area contributed by atoms with Gasteiger partial charge in [0.15, 0.2) is 6.04 Å². The second kappa shape index (κ2) is 14.5. The van der Waals surface area contributed by atoms with Crippen molar-refractivity contribution < 1.29 is 19.7 Å². The Labute approximate surface area is 214 Å². The summed E-state index contributed by atoms with van der Waals surface area (Å²) in [7, 11) is 0. The number of hydrogen-bond acceptors (Lipinski definition) is 5. The molecule has 202 valence electrons. The molecule has 5 heteroatoms. The van der Waals surface area contributed by atoms with Crippen LogP contribution in [-0.4, -0.2) is 46.2 Å². The van der Waals surface area contributed by atoms with Crippen LogP contribution in [0.4, 0.5) is 0 Å². The van der Waals surface area contributed by atoms with Gasteiger partial charge in [0.1, 0.15) is 11.7 Å². The minimum absolute atomic E-state index is 0.0785. The number of ether oxygens (including phenoxy) is 1. The van der Waals surface area contributed by atoms with Gasteiger partial charge in [-0.3, -0.25) is 4.99 Å². The zero-order chi connectivity index (χ0) is 25.9. The largest absolute Gasteiger partial charge is 0.464 e. The summed E-state index contributed by atoms with van der Waals surface area (Å²) in [6.07, 6.45) is 19.5. The molecule has 2 N–H and O–H groups in total. The molecule has 2 bridgehead atoms. The van der Waals surface area contributed by atoms with Crippen LogP contribution in [0, 0.1) is 17.3 Å². The number of rotatable bonds is 17. The first kappa shape index (κ1) is 30.0.